The average Bonchev–Trinajstić information content (AvgIpc) is 3.20. The maximum Gasteiger partial charge on any atom is 0.197 e. The van der Waals surface area contributed by atoms with Gasteiger partial charge in [-0.1, -0.05) is 27.4 Å². The maximum atomic E-state index is 15.6. The zero-order valence-electron chi connectivity index (χ0n) is 23.5. The summed E-state index contributed by atoms with van der Waals surface area (Å²) in [6.45, 7) is 18.7. The molecule has 0 spiro atoms. The van der Waals surface area contributed by atoms with Gasteiger partial charge in [0.05, 0.1) is 32.6 Å². The van der Waals surface area contributed by atoms with Gasteiger partial charge in [0.25, 0.3) is 0 Å². The lowest BCUT2D eigenvalue weighted by atomic mass is 9.84. The van der Waals surface area contributed by atoms with E-state index < -0.39 is 5.82 Å². The normalized spacial score (nSPS) is 15.5. The van der Waals surface area contributed by atoms with Gasteiger partial charge in [-0.2, -0.15) is 0 Å². The molecule has 2 aliphatic rings. The molecule has 0 bridgehead atoms. The van der Waals surface area contributed by atoms with E-state index in [9.17, 15) is 4.79 Å². The van der Waals surface area contributed by atoms with Crippen molar-refractivity contribution in [1.82, 2.24) is 10.2 Å². The first-order valence-corrected chi connectivity index (χ1v) is 13.4. The summed E-state index contributed by atoms with van der Waals surface area (Å²) < 4.78 is 32.7. The van der Waals surface area contributed by atoms with Gasteiger partial charge >= 0.3 is 0 Å². The van der Waals surface area contributed by atoms with Gasteiger partial charge in [0, 0.05) is 55.1 Å². The fraction of sp³-hybridized carbons (Fsp3) is 0.500. The summed E-state index contributed by atoms with van der Waals surface area (Å²) in [6, 6.07) is 5.69. The molecule has 4 rings (SSSR count). The topological polar surface area (TPSA) is 63.3 Å². The lowest BCUT2D eigenvalue weighted by Crippen LogP contribution is -2.43. The SMILES string of the molecule is C=C1c2c(cc(OCC)c(OCC)c2F)CN1CC(=O)c1cc(N2CCNCC2)c(OC)c(C(C)(C)C)c1. The van der Waals surface area contributed by atoms with Crippen molar-refractivity contribution in [3.8, 4) is 17.2 Å². The Labute approximate surface area is 225 Å². The highest BCUT2D eigenvalue weighted by molar-refractivity contribution is 6.00. The summed E-state index contributed by atoms with van der Waals surface area (Å²) in [5.41, 5.74) is 3.89. The van der Waals surface area contributed by atoms with Crippen LogP contribution in [-0.4, -0.2) is 63.7 Å². The average molecular weight is 526 g/mol. The number of rotatable bonds is 9. The molecule has 0 aliphatic carbocycles. The number of halogens is 1. The Balaban J connectivity index is 1.67. The minimum atomic E-state index is -0.492. The van der Waals surface area contributed by atoms with E-state index in [1.54, 1.807) is 20.1 Å². The highest BCUT2D eigenvalue weighted by Crippen LogP contribution is 2.44. The van der Waals surface area contributed by atoms with Gasteiger partial charge in [0.1, 0.15) is 5.75 Å². The third-order valence-corrected chi connectivity index (χ3v) is 7.08. The Morgan fingerprint density at radius 2 is 1.76 bits per heavy atom. The van der Waals surface area contributed by atoms with Crippen molar-refractivity contribution in [3.05, 3.63) is 52.8 Å². The van der Waals surface area contributed by atoms with E-state index in [4.69, 9.17) is 14.2 Å². The quantitative estimate of drug-likeness (QED) is 0.462. The lowest BCUT2D eigenvalue weighted by molar-refractivity contribution is 0.0959. The van der Waals surface area contributed by atoms with Crippen LogP contribution in [0.25, 0.3) is 5.70 Å². The van der Waals surface area contributed by atoms with Crippen molar-refractivity contribution >= 4 is 17.2 Å². The molecule has 0 saturated carbocycles. The first kappa shape index (κ1) is 27.8. The van der Waals surface area contributed by atoms with Crippen molar-refractivity contribution < 1.29 is 23.4 Å². The highest BCUT2D eigenvalue weighted by Gasteiger charge is 2.33. The number of Topliss-reactive ketones (excluding diaryl/α,β-unsaturated/α-hetero) is 1. The molecule has 2 aliphatic heterocycles. The fourth-order valence-corrected chi connectivity index (χ4v) is 5.20. The number of carbonyl (C=O) groups excluding carboxylic acids is 1. The zero-order valence-corrected chi connectivity index (χ0v) is 23.5. The number of piperazine rings is 1. The van der Waals surface area contributed by atoms with E-state index in [0.29, 0.717) is 42.3 Å². The van der Waals surface area contributed by atoms with E-state index in [1.807, 2.05) is 24.0 Å². The first-order chi connectivity index (χ1) is 18.1. The molecule has 1 saturated heterocycles. The van der Waals surface area contributed by atoms with Crippen molar-refractivity contribution in [1.29, 1.82) is 0 Å². The number of benzene rings is 2. The monoisotopic (exact) mass is 525 g/mol. The van der Waals surface area contributed by atoms with Gasteiger partial charge in [0.15, 0.2) is 23.1 Å². The van der Waals surface area contributed by atoms with E-state index in [0.717, 1.165) is 48.7 Å². The summed E-state index contributed by atoms with van der Waals surface area (Å²) in [4.78, 5) is 17.8. The minimum absolute atomic E-state index is 0.0565. The Kier molecular flexibility index (Phi) is 8.21. The van der Waals surface area contributed by atoms with E-state index in [-0.39, 0.29) is 23.5 Å². The molecule has 206 valence electrons. The number of hydrogen-bond acceptors (Lipinski definition) is 7. The number of ether oxygens (including phenoxy) is 3. The molecule has 0 aromatic heterocycles. The molecule has 0 unspecified atom stereocenters. The molecule has 8 heteroatoms. The van der Waals surface area contributed by atoms with Crippen LogP contribution in [-0.2, 0) is 12.0 Å². The van der Waals surface area contributed by atoms with Gasteiger partial charge in [-0.25, -0.2) is 4.39 Å². The smallest absolute Gasteiger partial charge is 0.197 e. The molecule has 0 atom stereocenters. The first-order valence-electron chi connectivity index (χ1n) is 13.4. The van der Waals surface area contributed by atoms with Crippen LogP contribution in [0.3, 0.4) is 0 Å². The third-order valence-electron chi connectivity index (χ3n) is 7.08. The maximum absolute atomic E-state index is 15.6. The van der Waals surface area contributed by atoms with Crippen LogP contribution >= 0.6 is 0 Å². The van der Waals surface area contributed by atoms with Gasteiger partial charge in [-0.05, 0) is 43.0 Å². The lowest BCUT2D eigenvalue weighted by Gasteiger charge is -2.33. The second kappa shape index (κ2) is 11.2. The van der Waals surface area contributed by atoms with Gasteiger partial charge < -0.3 is 29.3 Å². The number of ketones is 1. The number of carbonyl (C=O) groups is 1. The number of methoxy groups -OCH3 is 1. The van der Waals surface area contributed by atoms with Crippen LogP contribution in [0.2, 0.25) is 0 Å². The molecule has 2 aromatic rings. The molecule has 1 fully saturated rings. The Morgan fingerprint density at radius 3 is 2.37 bits per heavy atom. The van der Waals surface area contributed by atoms with Crippen molar-refractivity contribution in [2.75, 3.05) is 57.9 Å². The molecule has 2 heterocycles. The Morgan fingerprint density at radius 1 is 1.08 bits per heavy atom. The largest absolute Gasteiger partial charge is 0.494 e. The van der Waals surface area contributed by atoms with E-state index in [2.05, 4.69) is 37.6 Å². The van der Waals surface area contributed by atoms with Crippen LogP contribution in [0, 0.1) is 5.82 Å². The van der Waals surface area contributed by atoms with E-state index >= 15 is 4.39 Å². The molecular weight excluding hydrogens is 485 g/mol. The predicted molar refractivity (Wildman–Crippen MR) is 149 cm³/mol. The second-order valence-corrected chi connectivity index (χ2v) is 10.7. The molecule has 38 heavy (non-hydrogen) atoms. The standard InChI is InChI=1S/C30H40FN3O4/c1-8-37-25-16-21-17-34(19(3)26(21)27(31)29(25)38-9-2)18-24(35)20-14-22(30(4,5)6)28(36-7)23(15-20)33-12-10-32-11-13-33/h14-16,32H,3,8-13,17-18H2,1-2,4-7H3. The second-order valence-electron chi connectivity index (χ2n) is 10.7. The number of fused-ring (bicyclic) bond motifs is 1. The minimum Gasteiger partial charge on any atom is -0.494 e. The molecule has 2 aromatic carbocycles. The summed E-state index contributed by atoms with van der Waals surface area (Å²) in [5, 5.41) is 3.38. The predicted octanol–water partition coefficient (Wildman–Crippen LogP) is 5.01. The molecule has 7 nitrogen and oxygen atoms in total. The van der Waals surface area contributed by atoms with Crippen molar-refractivity contribution in [3.63, 3.8) is 0 Å². The van der Waals surface area contributed by atoms with Crippen LogP contribution in [0.1, 0.15) is 61.7 Å². The molecule has 0 radical (unpaired) electrons. The fourth-order valence-electron chi connectivity index (χ4n) is 5.20. The van der Waals surface area contributed by atoms with Crippen molar-refractivity contribution in [2.24, 2.45) is 0 Å². The number of anilines is 1. The van der Waals surface area contributed by atoms with Crippen LogP contribution in [0.15, 0.2) is 24.8 Å². The molecular formula is C30H40FN3O4. The molecule has 1 N–H and O–H groups in total. The van der Waals surface area contributed by atoms with Crippen LogP contribution in [0.4, 0.5) is 10.1 Å². The van der Waals surface area contributed by atoms with Crippen molar-refractivity contribution in [2.45, 2.75) is 46.6 Å². The molecule has 0 amide bonds. The third kappa shape index (κ3) is 5.32. The van der Waals surface area contributed by atoms with Crippen LogP contribution < -0.4 is 24.4 Å². The Bertz CT molecular complexity index is 1220. The summed E-state index contributed by atoms with van der Waals surface area (Å²) in [7, 11) is 1.69. The summed E-state index contributed by atoms with van der Waals surface area (Å²) in [5.74, 6) is 0.723. The summed E-state index contributed by atoms with van der Waals surface area (Å²) in [6.07, 6.45) is 0. The van der Waals surface area contributed by atoms with Gasteiger partial charge in [-0.3, -0.25) is 4.79 Å². The number of nitrogens with one attached hydrogen (secondary N) is 1. The zero-order chi connectivity index (χ0) is 27.6. The Hall–Kier alpha value is -3.26. The highest BCUT2D eigenvalue weighted by atomic mass is 19.1. The number of nitrogens with zero attached hydrogens (tertiary/aromatic N) is 2. The van der Waals surface area contributed by atoms with Gasteiger partial charge in [0.2, 0.25) is 0 Å². The van der Waals surface area contributed by atoms with Crippen LogP contribution in [0.5, 0.6) is 17.2 Å². The van der Waals surface area contributed by atoms with Gasteiger partial charge in [-0.15, -0.1) is 0 Å². The number of hydrogen-bond donors (Lipinski definition) is 1. The van der Waals surface area contributed by atoms with E-state index in [1.165, 1.54) is 0 Å². The summed E-state index contributed by atoms with van der Waals surface area (Å²) >= 11 is 0.